The van der Waals surface area contributed by atoms with Crippen molar-refractivity contribution in [3.63, 3.8) is 0 Å². The molecule has 45 heavy (non-hydrogen) atoms. The number of hydrogen-bond donors (Lipinski definition) is 2. The fourth-order valence-corrected chi connectivity index (χ4v) is 9.19. The second-order valence-corrected chi connectivity index (χ2v) is 16.1. The summed E-state index contributed by atoms with van der Waals surface area (Å²) in [5.74, 6) is -0.804. The summed E-state index contributed by atoms with van der Waals surface area (Å²) < 4.78 is 84.3. The van der Waals surface area contributed by atoms with Crippen molar-refractivity contribution < 1.29 is 30.0 Å². The summed E-state index contributed by atoms with van der Waals surface area (Å²) >= 11 is 12.1. The molecule has 1 atom stereocenters. The minimum atomic E-state index is -4.20. The Morgan fingerprint density at radius 3 is 1.84 bits per heavy atom. The van der Waals surface area contributed by atoms with Crippen LogP contribution in [0.1, 0.15) is 0 Å². The second kappa shape index (κ2) is 13.1. The van der Waals surface area contributed by atoms with Gasteiger partial charge in [-0.2, -0.15) is 8.61 Å². The highest BCUT2D eigenvalue weighted by molar-refractivity contribution is 7.92. The number of rotatable bonds is 9. The van der Waals surface area contributed by atoms with Gasteiger partial charge in [0.25, 0.3) is 10.0 Å². The van der Waals surface area contributed by atoms with Crippen LogP contribution in [0, 0.1) is 0 Å². The van der Waals surface area contributed by atoms with Crippen LogP contribution < -0.4 is 10.0 Å². The monoisotopic (exact) mass is 708 g/mol. The van der Waals surface area contributed by atoms with Crippen LogP contribution in [0.2, 0.25) is 10.0 Å². The first-order valence-electron chi connectivity index (χ1n) is 13.3. The number of benzene rings is 4. The Kier molecular flexibility index (Phi) is 9.56. The summed E-state index contributed by atoms with van der Waals surface area (Å²) in [5, 5.41) is 2.79. The number of sulfonamides is 3. The van der Waals surface area contributed by atoms with Gasteiger partial charge < -0.3 is 5.32 Å². The van der Waals surface area contributed by atoms with E-state index in [-0.39, 0.29) is 49.2 Å². The molecule has 0 saturated carbocycles. The molecule has 0 aliphatic carbocycles. The van der Waals surface area contributed by atoms with Gasteiger partial charge in [0.1, 0.15) is 6.04 Å². The quantitative estimate of drug-likeness (QED) is 0.260. The molecule has 1 aliphatic heterocycles. The molecule has 0 radical (unpaired) electrons. The average molecular weight is 710 g/mol. The van der Waals surface area contributed by atoms with E-state index in [0.717, 1.165) is 8.61 Å². The van der Waals surface area contributed by atoms with Crippen LogP contribution in [0.4, 0.5) is 11.4 Å². The highest BCUT2D eigenvalue weighted by atomic mass is 35.5. The van der Waals surface area contributed by atoms with E-state index in [0.29, 0.717) is 0 Å². The molecule has 1 amide bonds. The van der Waals surface area contributed by atoms with Gasteiger partial charge in [0.05, 0.1) is 30.4 Å². The predicted molar refractivity (Wildman–Crippen MR) is 172 cm³/mol. The van der Waals surface area contributed by atoms with Gasteiger partial charge in [0, 0.05) is 25.3 Å². The maximum atomic E-state index is 13.7. The summed E-state index contributed by atoms with van der Waals surface area (Å²) in [6.45, 7) is -0.911. The minimum absolute atomic E-state index is 0.00740. The van der Waals surface area contributed by atoms with Gasteiger partial charge in [-0.3, -0.25) is 9.52 Å². The van der Waals surface area contributed by atoms with Crippen LogP contribution in [0.5, 0.6) is 0 Å². The number of amides is 1. The number of carbonyl (C=O) groups is 1. The van der Waals surface area contributed by atoms with Gasteiger partial charge in [0.2, 0.25) is 26.0 Å². The minimum Gasteiger partial charge on any atom is -0.325 e. The zero-order chi connectivity index (χ0) is 32.4. The van der Waals surface area contributed by atoms with Gasteiger partial charge >= 0.3 is 0 Å². The standard InChI is InChI=1S/C29H26Cl2N4O7S3/c30-25-12-7-13-26(28(25)31)33-43(37,38)22-16-14-21(15-17-22)32-29(36)27-20-34(44(39,40)23-8-3-1-4-9-23)18-19-35(27)45(41,42)24-10-5-2-6-11-24/h1-17,27,33H,18-20H2,(H,32,36)/t27-/m1/s1. The first-order valence-corrected chi connectivity index (χ1v) is 18.4. The molecular formula is C29H26Cl2N4O7S3. The van der Waals surface area contributed by atoms with E-state index in [9.17, 15) is 30.0 Å². The fraction of sp³-hybridized carbons (Fsp3) is 0.138. The Hall–Kier alpha value is -3.50. The Labute approximate surface area is 271 Å². The predicted octanol–water partition coefficient (Wildman–Crippen LogP) is 4.50. The first kappa shape index (κ1) is 32.9. The van der Waals surface area contributed by atoms with Crippen LogP contribution >= 0.6 is 23.2 Å². The first-order chi connectivity index (χ1) is 21.3. The van der Waals surface area contributed by atoms with Crippen molar-refractivity contribution in [2.24, 2.45) is 0 Å². The SMILES string of the molecule is O=C(Nc1ccc(S(=O)(=O)Nc2cccc(Cl)c2Cl)cc1)[C@H]1CN(S(=O)(=O)c2ccccc2)CCN1S(=O)(=O)c1ccccc1. The van der Waals surface area contributed by atoms with E-state index >= 15 is 0 Å². The topological polar surface area (TPSA) is 150 Å². The third-order valence-electron chi connectivity index (χ3n) is 6.96. The molecule has 1 heterocycles. The maximum Gasteiger partial charge on any atom is 0.261 e. The molecular weight excluding hydrogens is 683 g/mol. The summed E-state index contributed by atoms with van der Waals surface area (Å²) in [4.78, 5) is 13.5. The fourth-order valence-electron chi connectivity index (χ4n) is 4.66. The van der Waals surface area contributed by atoms with E-state index in [1.54, 1.807) is 36.4 Å². The van der Waals surface area contributed by atoms with Gasteiger partial charge in [-0.1, -0.05) is 65.7 Å². The van der Waals surface area contributed by atoms with Gasteiger partial charge in [-0.15, -0.1) is 0 Å². The van der Waals surface area contributed by atoms with Crippen LogP contribution in [0.25, 0.3) is 0 Å². The van der Waals surface area contributed by atoms with E-state index in [4.69, 9.17) is 23.2 Å². The lowest BCUT2D eigenvalue weighted by Gasteiger charge is -2.38. The van der Waals surface area contributed by atoms with Crippen molar-refractivity contribution in [1.29, 1.82) is 0 Å². The number of hydrogen-bond acceptors (Lipinski definition) is 7. The van der Waals surface area contributed by atoms with Crippen LogP contribution in [-0.2, 0) is 34.9 Å². The van der Waals surface area contributed by atoms with Crippen molar-refractivity contribution in [2.75, 3.05) is 29.7 Å². The van der Waals surface area contributed by atoms with Crippen molar-refractivity contribution in [2.45, 2.75) is 20.7 Å². The summed E-state index contributed by atoms with van der Waals surface area (Å²) in [6, 6.07) is 23.3. The van der Waals surface area contributed by atoms with Crippen molar-refractivity contribution in [1.82, 2.24) is 8.61 Å². The average Bonchev–Trinajstić information content (AvgIpc) is 3.04. The molecule has 0 spiro atoms. The zero-order valence-electron chi connectivity index (χ0n) is 23.2. The lowest BCUT2D eigenvalue weighted by atomic mass is 10.2. The third-order valence-corrected chi connectivity index (χ3v) is 13.0. The number of halogens is 2. The summed E-state index contributed by atoms with van der Waals surface area (Å²) in [7, 11) is -12.3. The molecule has 2 N–H and O–H groups in total. The third kappa shape index (κ3) is 7.02. The van der Waals surface area contributed by atoms with E-state index in [1.165, 1.54) is 66.7 Å². The van der Waals surface area contributed by atoms with Crippen molar-refractivity contribution in [3.05, 3.63) is 113 Å². The van der Waals surface area contributed by atoms with Crippen LogP contribution in [-0.4, -0.2) is 65.4 Å². The van der Waals surface area contributed by atoms with E-state index in [1.807, 2.05) is 0 Å². The van der Waals surface area contributed by atoms with Crippen LogP contribution in [0.3, 0.4) is 0 Å². The second-order valence-electron chi connectivity index (χ2n) is 9.84. The Bertz CT molecular complexity index is 2030. The van der Waals surface area contributed by atoms with Crippen molar-refractivity contribution >= 4 is 70.6 Å². The highest BCUT2D eigenvalue weighted by Gasteiger charge is 2.43. The Balaban J connectivity index is 1.40. The van der Waals surface area contributed by atoms with Gasteiger partial charge in [-0.25, -0.2) is 25.3 Å². The number of piperazine rings is 1. The molecule has 16 heteroatoms. The lowest BCUT2D eigenvalue weighted by molar-refractivity contribution is -0.120. The van der Waals surface area contributed by atoms with Crippen molar-refractivity contribution in [3.8, 4) is 0 Å². The maximum absolute atomic E-state index is 13.7. The Morgan fingerprint density at radius 2 is 1.24 bits per heavy atom. The summed E-state index contributed by atoms with van der Waals surface area (Å²) in [6.07, 6.45) is 0. The van der Waals surface area contributed by atoms with E-state index < -0.39 is 48.6 Å². The molecule has 4 aromatic carbocycles. The number of carbonyl (C=O) groups excluding carboxylic acids is 1. The highest BCUT2D eigenvalue weighted by Crippen LogP contribution is 2.31. The molecule has 0 aromatic heterocycles. The molecule has 4 aromatic rings. The molecule has 11 nitrogen and oxygen atoms in total. The molecule has 5 rings (SSSR count). The number of nitrogens with zero attached hydrogens (tertiary/aromatic N) is 2. The molecule has 0 unspecified atom stereocenters. The largest absolute Gasteiger partial charge is 0.325 e. The smallest absolute Gasteiger partial charge is 0.261 e. The lowest BCUT2D eigenvalue weighted by Crippen LogP contribution is -2.60. The molecule has 1 saturated heterocycles. The summed E-state index contributed by atoms with van der Waals surface area (Å²) in [5.41, 5.74) is 0.230. The molecule has 236 valence electrons. The van der Waals surface area contributed by atoms with Crippen LogP contribution in [0.15, 0.2) is 118 Å². The number of nitrogens with one attached hydrogen (secondary N) is 2. The van der Waals surface area contributed by atoms with Gasteiger partial charge in [-0.05, 0) is 60.7 Å². The molecule has 1 aliphatic rings. The van der Waals surface area contributed by atoms with Gasteiger partial charge in [0.15, 0.2) is 0 Å². The number of anilines is 2. The Morgan fingerprint density at radius 1 is 0.667 bits per heavy atom. The zero-order valence-corrected chi connectivity index (χ0v) is 27.2. The van der Waals surface area contributed by atoms with E-state index in [2.05, 4.69) is 10.0 Å². The molecule has 0 bridgehead atoms. The molecule has 1 fully saturated rings. The normalized spacial score (nSPS) is 16.6.